The Morgan fingerprint density at radius 3 is 1.82 bits per heavy atom. The van der Waals surface area contributed by atoms with Gasteiger partial charge in [-0.2, -0.15) is 9.97 Å². The maximum atomic E-state index is 10.3. The van der Waals surface area contributed by atoms with E-state index in [0.717, 1.165) is 11.1 Å². The lowest BCUT2D eigenvalue weighted by Crippen LogP contribution is -2.19. The molecule has 9 nitrogen and oxygen atoms in total. The molecule has 4 heterocycles. The van der Waals surface area contributed by atoms with Crippen molar-refractivity contribution in [3.05, 3.63) is 22.8 Å². The summed E-state index contributed by atoms with van der Waals surface area (Å²) in [5.41, 5.74) is 14.0. The molecule has 0 bridgehead atoms. The molecule has 9 heteroatoms. The van der Waals surface area contributed by atoms with Gasteiger partial charge in [-0.3, -0.25) is 0 Å². The van der Waals surface area contributed by atoms with Crippen LogP contribution in [0.2, 0.25) is 0 Å². The molecule has 2 aromatic rings. The van der Waals surface area contributed by atoms with Gasteiger partial charge in [-0.05, 0) is 26.7 Å². The van der Waals surface area contributed by atoms with E-state index in [-0.39, 0.29) is 12.2 Å². The van der Waals surface area contributed by atoms with Crippen LogP contribution < -0.4 is 20.9 Å². The van der Waals surface area contributed by atoms with Gasteiger partial charge in [0.15, 0.2) is 0 Å². The summed E-state index contributed by atoms with van der Waals surface area (Å²) in [6.07, 6.45) is 1.72. The maximum Gasteiger partial charge on any atom is 0.222 e. The van der Waals surface area contributed by atoms with Gasteiger partial charge in [0.25, 0.3) is 0 Å². The second-order valence-electron chi connectivity index (χ2n) is 7.62. The first-order chi connectivity index (χ1) is 13.4. The Hall–Kier alpha value is -2.68. The van der Waals surface area contributed by atoms with Crippen LogP contribution in [0.3, 0.4) is 0 Å². The Morgan fingerprint density at radius 2 is 1.39 bits per heavy atom. The summed E-state index contributed by atoms with van der Waals surface area (Å²) in [6, 6.07) is 0. The smallest absolute Gasteiger partial charge is 0.222 e. The van der Waals surface area contributed by atoms with Crippen LogP contribution in [-0.4, -0.2) is 43.4 Å². The summed E-state index contributed by atoms with van der Waals surface area (Å²) in [7, 11) is 0. The molecule has 0 aliphatic carbocycles. The van der Waals surface area contributed by atoms with Crippen LogP contribution in [-0.2, 0) is 12.8 Å². The SMILES string of the molecule is CCC(O)CC(c1nc(N)c2c(n1)OC(C)C2)c1nc(N)c2c(n1)OC(C)C2. The first kappa shape index (κ1) is 18.7. The van der Waals surface area contributed by atoms with Crippen molar-refractivity contribution in [3.63, 3.8) is 0 Å². The number of nitrogens with zero attached hydrogens (tertiary/aromatic N) is 4. The first-order valence-corrected chi connectivity index (χ1v) is 9.69. The van der Waals surface area contributed by atoms with Crippen LogP contribution in [0, 0.1) is 0 Å². The minimum Gasteiger partial charge on any atom is -0.474 e. The topological polar surface area (TPSA) is 142 Å². The number of nitrogens with two attached hydrogens (primary N) is 2. The van der Waals surface area contributed by atoms with E-state index in [1.165, 1.54) is 0 Å². The van der Waals surface area contributed by atoms with E-state index in [2.05, 4.69) is 19.9 Å². The van der Waals surface area contributed by atoms with E-state index < -0.39 is 12.0 Å². The third-order valence-corrected chi connectivity index (χ3v) is 5.25. The number of aliphatic hydroxyl groups is 1. The van der Waals surface area contributed by atoms with Crippen molar-refractivity contribution in [2.45, 2.75) is 70.7 Å². The van der Waals surface area contributed by atoms with E-state index >= 15 is 0 Å². The Morgan fingerprint density at radius 1 is 0.929 bits per heavy atom. The highest BCUT2D eigenvalue weighted by atomic mass is 16.5. The zero-order valence-corrected chi connectivity index (χ0v) is 16.3. The van der Waals surface area contributed by atoms with E-state index in [1.807, 2.05) is 20.8 Å². The van der Waals surface area contributed by atoms with Crippen molar-refractivity contribution in [1.29, 1.82) is 0 Å². The molecule has 5 N–H and O–H groups in total. The molecule has 3 atom stereocenters. The monoisotopic (exact) mass is 386 g/mol. The molecule has 0 saturated carbocycles. The standard InChI is InChI=1S/C19H26N6O3/c1-4-10(26)7-13(16-22-14(20)11-5-8(2)27-18(11)24-16)17-23-15(21)12-6-9(3)28-19(12)25-17/h8-10,13,26H,4-7H2,1-3H3,(H2,20,22,24)(H2,21,23,25). The lowest BCUT2D eigenvalue weighted by atomic mass is 9.97. The van der Waals surface area contributed by atoms with Gasteiger partial charge < -0.3 is 26.0 Å². The minimum absolute atomic E-state index is 0.00306. The van der Waals surface area contributed by atoms with Crippen LogP contribution in [0.1, 0.15) is 62.3 Å². The van der Waals surface area contributed by atoms with Crippen LogP contribution in [0.4, 0.5) is 11.6 Å². The average molecular weight is 386 g/mol. The van der Waals surface area contributed by atoms with Gasteiger partial charge >= 0.3 is 0 Å². The summed E-state index contributed by atoms with van der Waals surface area (Å²) < 4.78 is 11.5. The third kappa shape index (κ3) is 3.30. The number of nitrogen functional groups attached to an aromatic ring is 2. The van der Waals surface area contributed by atoms with Gasteiger partial charge in [0.05, 0.1) is 23.1 Å². The number of anilines is 2. The Kier molecular flexibility index (Phi) is 4.70. The minimum atomic E-state index is -0.569. The molecule has 2 aliphatic rings. The van der Waals surface area contributed by atoms with Gasteiger partial charge in [-0.1, -0.05) is 6.92 Å². The first-order valence-electron chi connectivity index (χ1n) is 9.69. The molecule has 0 spiro atoms. The fourth-order valence-electron chi connectivity index (χ4n) is 3.69. The summed E-state index contributed by atoms with van der Waals surface area (Å²) in [5, 5.41) is 10.3. The van der Waals surface area contributed by atoms with Crippen LogP contribution in [0.25, 0.3) is 0 Å². The van der Waals surface area contributed by atoms with Gasteiger partial charge in [-0.25, -0.2) is 9.97 Å². The number of aromatic nitrogens is 4. The molecule has 28 heavy (non-hydrogen) atoms. The molecule has 0 saturated heterocycles. The highest BCUT2D eigenvalue weighted by Crippen LogP contribution is 2.37. The fraction of sp³-hybridized carbons (Fsp3) is 0.579. The van der Waals surface area contributed by atoms with Crippen molar-refractivity contribution in [2.24, 2.45) is 0 Å². The fourth-order valence-corrected chi connectivity index (χ4v) is 3.69. The van der Waals surface area contributed by atoms with E-state index in [4.69, 9.17) is 20.9 Å². The zero-order chi connectivity index (χ0) is 20.0. The number of ether oxygens (including phenoxy) is 2. The van der Waals surface area contributed by atoms with Gasteiger partial charge in [-0.15, -0.1) is 0 Å². The zero-order valence-electron chi connectivity index (χ0n) is 16.3. The van der Waals surface area contributed by atoms with E-state index in [0.29, 0.717) is 60.7 Å². The van der Waals surface area contributed by atoms with Gasteiger partial charge in [0.2, 0.25) is 11.8 Å². The van der Waals surface area contributed by atoms with Gasteiger partial charge in [0.1, 0.15) is 35.5 Å². The summed E-state index contributed by atoms with van der Waals surface area (Å²) >= 11 is 0. The number of aliphatic hydroxyl groups excluding tert-OH is 1. The summed E-state index contributed by atoms with van der Waals surface area (Å²) in [4.78, 5) is 18.2. The largest absolute Gasteiger partial charge is 0.474 e. The molecular formula is C19H26N6O3. The predicted octanol–water partition coefficient (Wildman–Crippen LogP) is 1.37. The normalized spacial score (nSPS) is 22.1. The summed E-state index contributed by atoms with van der Waals surface area (Å²) in [6.45, 7) is 5.83. The third-order valence-electron chi connectivity index (χ3n) is 5.25. The second kappa shape index (κ2) is 7.05. The Balaban J connectivity index is 1.78. The van der Waals surface area contributed by atoms with Gasteiger partial charge in [0, 0.05) is 12.8 Å². The second-order valence-corrected chi connectivity index (χ2v) is 7.62. The van der Waals surface area contributed by atoms with Crippen LogP contribution in [0.15, 0.2) is 0 Å². The Labute approximate surface area is 163 Å². The molecule has 0 fully saturated rings. The highest BCUT2D eigenvalue weighted by molar-refractivity contribution is 5.50. The number of rotatable bonds is 5. The van der Waals surface area contributed by atoms with Crippen molar-refractivity contribution in [2.75, 3.05) is 11.5 Å². The molecule has 0 amide bonds. The maximum absolute atomic E-state index is 10.3. The average Bonchev–Trinajstić information content (AvgIpc) is 3.21. The molecule has 2 aromatic heterocycles. The number of hydrogen-bond acceptors (Lipinski definition) is 9. The van der Waals surface area contributed by atoms with Crippen molar-refractivity contribution >= 4 is 11.6 Å². The van der Waals surface area contributed by atoms with Crippen LogP contribution in [0.5, 0.6) is 11.8 Å². The van der Waals surface area contributed by atoms with E-state index in [1.54, 1.807) is 0 Å². The predicted molar refractivity (Wildman–Crippen MR) is 103 cm³/mol. The molecule has 2 aliphatic heterocycles. The molecule has 0 aromatic carbocycles. The Bertz CT molecular complexity index is 838. The molecule has 3 unspecified atom stereocenters. The quantitative estimate of drug-likeness (QED) is 0.694. The lowest BCUT2D eigenvalue weighted by molar-refractivity contribution is 0.152. The van der Waals surface area contributed by atoms with Crippen LogP contribution >= 0.6 is 0 Å². The molecule has 0 radical (unpaired) electrons. The highest BCUT2D eigenvalue weighted by Gasteiger charge is 2.32. The lowest BCUT2D eigenvalue weighted by Gasteiger charge is -2.19. The molecule has 4 rings (SSSR count). The van der Waals surface area contributed by atoms with Crippen molar-refractivity contribution in [1.82, 2.24) is 19.9 Å². The molecule has 150 valence electrons. The van der Waals surface area contributed by atoms with Crippen molar-refractivity contribution < 1.29 is 14.6 Å². The molecular weight excluding hydrogens is 360 g/mol. The van der Waals surface area contributed by atoms with E-state index in [9.17, 15) is 5.11 Å². The van der Waals surface area contributed by atoms with Crippen molar-refractivity contribution in [3.8, 4) is 11.8 Å². The number of hydrogen-bond donors (Lipinski definition) is 3. The summed E-state index contributed by atoms with van der Waals surface area (Å²) in [5.74, 6) is 2.12. The number of fused-ring (bicyclic) bond motifs is 2.